The van der Waals surface area contributed by atoms with Crippen molar-refractivity contribution in [3.8, 4) is 5.75 Å². The van der Waals surface area contributed by atoms with Crippen LogP contribution in [-0.2, 0) is 14.8 Å². The van der Waals surface area contributed by atoms with Crippen molar-refractivity contribution in [2.24, 2.45) is 5.73 Å². The number of amides is 2. The predicted octanol–water partition coefficient (Wildman–Crippen LogP) is 2.22. The Morgan fingerprint density at radius 2 is 1.69 bits per heavy atom. The highest BCUT2D eigenvalue weighted by molar-refractivity contribution is 7.89. The molecule has 0 atom stereocenters. The lowest BCUT2D eigenvalue weighted by Gasteiger charge is -2.17. The van der Waals surface area contributed by atoms with Crippen LogP contribution < -0.4 is 15.8 Å². The molecule has 0 saturated heterocycles. The third kappa shape index (κ3) is 6.30. The van der Waals surface area contributed by atoms with E-state index in [0.717, 1.165) is 12.8 Å². The Kier molecular flexibility index (Phi) is 7.74. The fourth-order valence-corrected chi connectivity index (χ4v) is 3.66. The molecule has 2 rings (SSSR count). The standard InChI is InChI=1S/C20H25N3O5S/c1-3-4-13-23(2)29(26,27)18-11-7-16(8-12-18)22-19(24)14-28-17-9-5-15(6-10-17)20(21)25/h5-12H,3-4,13-14H2,1-2H3,(H2,21,25)(H,22,24). The number of nitrogens with zero attached hydrogens (tertiary/aromatic N) is 1. The van der Waals surface area contributed by atoms with Crippen molar-refractivity contribution in [3.63, 3.8) is 0 Å². The van der Waals surface area contributed by atoms with E-state index < -0.39 is 21.8 Å². The third-order valence-electron chi connectivity index (χ3n) is 4.18. The first-order chi connectivity index (χ1) is 13.7. The summed E-state index contributed by atoms with van der Waals surface area (Å²) in [7, 11) is -2.00. The number of carbonyl (C=O) groups excluding carboxylic acids is 2. The molecule has 3 N–H and O–H groups in total. The van der Waals surface area contributed by atoms with E-state index in [-0.39, 0.29) is 11.5 Å². The number of unbranched alkanes of at least 4 members (excludes halogenated alkanes) is 1. The average molecular weight is 420 g/mol. The van der Waals surface area contributed by atoms with Crippen LogP contribution in [0.15, 0.2) is 53.4 Å². The quantitative estimate of drug-likeness (QED) is 0.612. The van der Waals surface area contributed by atoms with E-state index in [2.05, 4.69) is 5.32 Å². The Balaban J connectivity index is 1.91. The lowest BCUT2D eigenvalue weighted by Crippen LogP contribution is -2.28. The van der Waals surface area contributed by atoms with Gasteiger partial charge < -0.3 is 15.8 Å². The van der Waals surface area contributed by atoms with E-state index in [4.69, 9.17) is 10.5 Å². The van der Waals surface area contributed by atoms with Crippen LogP contribution in [0, 0.1) is 0 Å². The number of ether oxygens (including phenoxy) is 1. The molecule has 0 aliphatic rings. The number of hydrogen-bond acceptors (Lipinski definition) is 5. The molecule has 0 aromatic heterocycles. The van der Waals surface area contributed by atoms with Gasteiger partial charge >= 0.3 is 0 Å². The fourth-order valence-electron chi connectivity index (χ4n) is 2.45. The van der Waals surface area contributed by atoms with Crippen molar-refractivity contribution < 1.29 is 22.7 Å². The summed E-state index contributed by atoms with van der Waals surface area (Å²) in [4.78, 5) is 23.2. The Hall–Kier alpha value is -2.91. The Labute approximate surface area is 170 Å². The van der Waals surface area contributed by atoms with Gasteiger partial charge in [0.25, 0.3) is 5.91 Å². The number of primary amides is 1. The maximum atomic E-state index is 12.5. The van der Waals surface area contributed by atoms with Gasteiger partial charge in [-0.25, -0.2) is 12.7 Å². The fraction of sp³-hybridized carbons (Fsp3) is 0.300. The molecule has 2 aromatic rings. The molecule has 0 saturated carbocycles. The molecule has 0 spiro atoms. The van der Waals surface area contributed by atoms with Crippen LogP contribution in [0.5, 0.6) is 5.75 Å². The monoisotopic (exact) mass is 419 g/mol. The molecular formula is C20H25N3O5S. The molecule has 0 unspecified atom stereocenters. The number of nitrogens with two attached hydrogens (primary N) is 1. The smallest absolute Gasteiger partial charge is 0.262 e. The van der Waals surface area contributed by atoms with Gasteiger partial charge in [-0.15, -0.1) is 0 Å². The van der Waals surface area contributed by atoms with Crippen LogP contribution in [0.4, 0.5) is 5.69 Å². The van der Waals surface area contributed by atoms with E-state index in [1.165, 1.54) is 40.7 Å². The van der Waals surface area contributed by atoms with Crippen molar-refractivity contribution >= 4 is 27.5 Å². The molecule has 0 radical (unpaired) electrons. The summed E-state index contributed by atoms with van der Waals surface area (Å²) in [5, 5.41) is 2.64. The van der Waals surface area contributed by atoms with Gasteiger partial charge in [-0.05, 0) is 55.0 Å². The number of hydrogen-bond donors (Lipinski definition) is 2. The zero-order chi connectivity index (χ0) is 21.4. The van der Waals surface area contributed by atoms with Gasteiger partial charge in [-0.2, -0.15) is 0 Å². The van der Waals surface area contributed by atoms with Crippen LogP contribution in [0.1, 0.15) is 30.1 Å². The second-order valence-electron chi connectivity index (χ2n) is 6.43. The maximum absolute atomic E-state index is 12.5. The normalized spacial score (nSPS) is 11.3. The topological polar surface area (TPSA) is 119 Å². The first kappa shape index (κ1) is 22.4. The molecule has 0 aliphatic heterocycles. The summed E-state index contributed by atoms with van der Waals surface area (Å²) in [6.45, 7) is 2.21. The third-order valence-corrected chi connectivity index (χ3v) is 6.05. The van der Waals surface area contributed by atoms with E-state index in [1.807, 2.05) is 6.92 Å². The molecule has 156 valence electrons. The van der Waals surface area contributed by atoms with Crippen molar-refractivity contribution in [2.45, 2.75) is 24.7 Å². The number of carbonyl (C=O) groups is 2. The molecule has 2 aromatic carbocycles. The van der Waals surface area contributed by atoms with E-state index in [0.29, 0.717) is 23.5 Å². The Morgan fingerprint density at radius 3 is 2.24 bits per heavy atom. The summed E-state index contributed by atoms with van der Waals surface area (Å²) in [6, 6.07) is 12.1. The van der Waals surface area contributed by atoms with Gasteiger partial charge in [-0.1, -0.05) is 13.3 Å². The molecular weight excluding hydrogens is 394 g/mol. The minimum absolute atomic E-state index is 0.167. The average Bonchev–Trinajstić information content (AvgIpc) is 2.71. The van der Waals surface area contributed by atoms with E-state index >= 15 is 0 Å². The summed E-state index contributed by atoms with van der Waals surface area (Å²) < 4.78 is 31.6. The highest BCUT2D eigenvalue weighted by Crippen LogP contribution is 2.18. The molecule has 2 amide bonds. The molecule has 29 heavy (non-hydrogen) atoms. The van der Waals surface area contributed by atoms with Crippen LogP contribution in [-0.4, -0.2) is 44.7 Å². The van der Waals surface area contributed by atoms with Gasteiger partial charge in [0.1, 0.15) is 5.75 Å². The second kappa shape index (κ2) is 10.0. The zero-order valence-electron chi connectivity index (χ0n) is 16.4. The van der Waals surface area contributed by atoms with Crippen LogP contribution in [0.2, 0.25) is 0 Å². The van der Waals surface area contributed by atoms with Crippen LogP contribution in [0.3, 0.4) is 0 Å². The minimum atomic E-state index is -3.55. The Morgan fingerprint density at radius 1 is 1.07 bits per heavy atom. The summed E-state index contributed by atoms with van der Waals surface area (Å²) in [6.07, 6.45) is 1.69. The number of anilines is 1. The molecule has 0 heterocycles. The molecule has 0 bridgehead atoms. The largest absolute Gasteiger partial charge is 0.484 e. The number of nitrogens with one attached hydrogen (secondary N) is 1. The number of rotatable bonds is 10. The molecule has 0 fully saturated rings. The number of benzene rings is 2. The van der Waals surface area contributed by atoms with Crippen molar-refractivity contribution in [1.82, 2.24) is 4.31 Å². The van der Waals surface area contributed by atoms with Crippen molar-refractivity contribution in [1.29, 1.82) is 0 Å². The SMILES string of the molecule is CCCCN(C)S(=O)(=O)c1ccc(NC(=O)COc2ccc(C(N)=O)cc2)cc1. The van der Waals surface area contributed by atoms with E-state index in [9.17, 15) is 18.0 Å². The first-order valence-corrected chi connectivity index (χ1v) is 10.6. The van der Waals surface area contributed by atoms with Crippen molar-refractivity contribution in [2.75, 3.05) is 25.5 Å². The number of sulfonamides is 1. The minimum Gasteiger partial charge on any atom is -0.484 e. The van der Waals surface area contributed by atoms with Gasteiger partial charge in [-0.3, -0.25) is 9.59 Å². The first-order valence-electron chi connectivity index (χ1n) is 9.13. The van der Waals surface area contributed by atoms with Gasteiger partial charge in [0.05, 0.1) is 4.90 Å². The van der Waals surface area contributed by atoms with Gasteiger partial charge in [0, 0.05) is 24.8 Å². The van der Waals surface area contributed by atoms with E-state index in [1.54, 1.807) is 19.2 Å². The Bertz CT molecular complexity index is 941. The van der Waals surface area contributed by atoms with Crippen LogP contribution >= 0.6 is 0 Å². The lowest BCUT2D eigenvalue weighted by molar-refractivity contribution is -0.118. The molecule has 9 heteroatoms. The summed E-state index contributed by atoms with van der Waals surface area (Å²) in [5.41, 5.74) is 5.96. The summed E-state index contributed by atoms with van der Waals surface area (Å²) >= 11 is 0. The molecule has 0 aliphatic carbocycles. The van der Waals surface area contributed by atoms with Crippen LogP contribution in [0.25, 0.3) is 0 Å². The summed E-state index contributed by atoms with van der Waals surface area (Å²) in [5.74, 6) is -0.530. The zero-order valence-corrected chi connectivity index (χ0v) is 17.2. The molecule has 8 nitrogen and oxygen atoms in total. The highest BCUT2D eigenvalue weighted by Gasteiger charge is 2.20. The highest BCUT2D eigenvalue weighted by atomic mass is 32.2. The lowest BCUT2D eigenvalue weighted by atomic mass is 10.2. The van der Waals surface area contributed by atoms with Gasteiger partial charge in [0.2, 0.25) is 15.9 Å². The maximum Gasteiger partial charge on any atom is 0.262 e. The van der Waals surface area contributed by atoms with Crippen molar-refractivity contribution in [3.05, 3.63) is 54.1 Å². The second-order valence-corrected chi connectivity index (χ2v) is 8.47. The van der Waals surface area contributed by atoms with Gasteiger partial charge in [0.15, 0.2) is 6.61 Å². The predicted molar refractivity (Wildman–Crippen MR) is 110 cm³/mol.